The summed E-state index contributed by atoms with van der Waals surface area (Å²) in [6.07, 6.45) is -1.21. The number of nitrogens with zero attached hydrogens (tertiary/aromatic N) is 2. The van der Waals surface area contributed by atoms with E-state index in [2.05, 4.69) is 10.3 Å². The molecule has 0 saturated heterocycles. The molecule has 0 aliphatic heterocycles. The van der Waals surface area contributed by atoms with Gasteiger partial charge >= 0.3 is 6.18 Å². The van der Waals surface area contributed by atoms with Gasteiger partial charge in [-0.3, -0.25) is 4.79 Å². The molecule has 2 heterocycles. The van der Waals surface area contributed by atoms with Crippen molar-refractivity contribution in [2.24, 2.45) is 0 Å². The van der Waals surface area contributed by atoms with Crippen LogP contribution in [0.2, 0.25) is 0 Å². The lowest BCUT2D eigenvalue weighted by atomic mass is 10.3. The summed E-state index contributed by atoms with van der Waals surface area (Å²) in [6.45, 7) is 0.616. The van der Waals surface area contributed by atoms with Crippen LogP contribution in [0.4, 0.5) is 13.2 Å². The van der Waals surface area contributed by atoms with Crippen LogP contribution in [0.25, 0.3) is 5.65 Å². The number of hydrogen-bond donors (Lipinski definition) is 1. The van der Waals surface area contributed by atoms with Gasteiger partial charge in [0.05, 0.1) is 24.3 Å². The number of hydrogen-bond acceptors (Lipinski definition) is 3. The normalized spacial score (nSPS) is 11.5. The minimum atomic E-state index is -4.39. The minimum absolute atomic E-state index is 0.158. The van der Waals surface area contributed by atoms with E-state index in [-0.39, 0.29) is 18.9 Å². The van der Waals surface area contributed by atoms with Crippen LogP contribution in [0.1, 0.15) is 17.7 Å². The second-order valence-corrected chi connectivity index (χ2v) is 5.92. The molecular weight excluding hydrogens is 359 g/mol. The summed E-state index contributed by atoms with van der Waals surface area (Å²) in [5.41, 5.74) is 0.307. The minimum Gasteiger partial charge on any atom is -0.493 e. The Morgan fingerprint density at radius 3 is 2.63 bits per heavy atom. The lowest BCUT2D eigenvalue weighted by Crippen LogP contribution is -2.27. The number of alkyl halides is 3. The largest absolute Gasteiger partial charge is 0.493 e. The van der Waals surface area contributed by atoms with Crippen molar-refractivity contribution in [1.29, 1.82) is 0 Å². The van der Waals surface area contributed by atoms with Crippen molar-refractivity contribution in [3.8, 4) is 5.75 Å². The molecule has 8 heteroatoms. The highest BCUT2D eigenvalue weighted by molar-refractivity contribution is 5.75. The maximum absolute atomic E-state index is 12.7. The van der Waals surface area contributed by atoms with Crippen molar-refractivity contribution < 1.29 is 22.7 Å². The van der Waals surface area contributed by atoms with Gasteiger partial charge in [0.25, 0.3) is 0 Å². The van der Waals surface area contributed by atoms with Crippen LogP contribution in [-0.2, 0) is 17.4 Å². The third-order valence-corrected chi connectivity index (χ3v) is 3.87. The van der Waals surface area contributed by atoms with E-state index in [0.717, 1.165) is 12.3 Å². The summed E-state index contributed by atoms with van der Waals surface area (Å²) in [5, 5.41) is 2.75. The van der Waals surface area contributed by atoms with Crippen molar-refractivity contribution in [3.63, 3.8) is 0 Å². The van der Waals surface area contributed by atoms with E-state index in [1.54, 1.807) is 0 Å². The SMILES string of the molecule is O=C(CCOc1ccccc1)NCCc1cn2cc(C(F)(F)F)ccc2n1. The number of fused-ring (bicyclic) bond motifs is 1. The Labute approximate surface area is 153 Å². The molecular formula is C19H18F3N3O2. The Hall–Kier alpha value is -3.03. The quantitative estimate of drug-likeness (QED) is 0.686. The molecule has 0 bridgehead atoms. The highest BCUT2D eigenvalue weighted by Crippen LogP contribution is 2.29. The van der Waals surface area contributed by atoms with E-state index in [9.17, 15) is 18.0 Å². The van der Waals surface area contributed by atoms with Crippen molar-refractivity contribution in [3.05, 3.63) is 66.1 Å². The third kappa shape index (κ3) is 5.22. The summed E-state index contributed by atoms with van der Waals surface area (Å²) >= 11 is 0. The van der Waals surface area contributed by atoms with Gasteiger partial charge in [-0.25, -0.2) is 4.98 Å². The second-order valence-electron chi connectivity index (χ2n) is 5.92. The van der Waals surface area contributed by atoms with E-state index in [0.29, 0.717) is 30.1 Å². The van der Waals surface area contributed by atoms with Crippen LogP contribution in [0, 0.1) is 0 Å². The van der Waals surface area contributed by atoms with Gasteiger partial charge in [0.1, 0.15) is 11.4 Å². The van der Waals surface area contributed by atoms with Crippen LogP contribution < -0.4 is 10.1 Å². The lowest BCUT2D eigenvalue weighted by Gasteiger charge is -2.06. The first kappa shape index (κ1) is 18.8. The Balaban J connectivity index is 1.45. The number of carbonyl (C=O) groups excluding carboxylic acids is 1. The average molecular weight is 377 g/mol. The van der Waals surface area contributed by atoms with Gasteiger partial charge in [0.2, 0.25) is 5.91 Å². The molecule has 3 rings (SSSR count). The monoisotopic (exact) mass is 377 g/mol. The zero-order valence-corrected chi connectivity index (χ0v) is 14.4. The standard InChI is InChI=1S/C19H18F3N3O2/c20-19(21,22)14-6-7-17-24-15(13-25(17)12-14)8-10-23-18(26)9-11-27-16-4-2-1-3-5-16/h1-7,12-13H,8-11H2,(H,23,26). The number of nitrogens with one attached hydrogen (secondary N) is 1. The second kappa shape index (κ2) is 8.11. The Bertz CT molecular complexity index is 907. The van der Waals surface area contributed by atoms with Gasteiger partial charge in [-0.2, -0.15) is 13.2 Å². The summed E-state index contributed by atoms with van der Waals surface area (Å²) in [7, 11) is 0. The number of carbonyl (C=O) groups is 1. The summed E-state index contributed by atoms with van der Waals surface area (Å²) in [4.78, 5) is 16.1. The number of aromatic nitrogens is 2. The Morgan fingerprint density at radius 2 is 1.89 bits per heavy atom. The van der Waals surface area contributed by atoms with Crippen molar-refractivity contribution in [2.45, 2.75) is 19.0 Å². The molecule has 1 aromatic carbocycles. The average Bonchev–Trinajstić information content (AvgIpc) is 3.04. The third-order valence-electron chi connectivity index (χ3n) is 3.87. The van der Waals surface area contributed by atoms with Crippen molar-refractivity contribution in [2.75, 3.05) is 13.2 Å². The van der Waals surface area contributed by atoms with Crippen LogP contribution in [-0.4, -0.2) is 28.4 Å². The molecule has 1 N–H and O–H groups in total. The number of pyridine rings is 1. The highest BCUT2D eigenvalue weighted by Gasteiger charge is 2.30. The maximum Gasteiger partial charge on any atom is 0.417 e. The maximum atomic E-state index is 12.7. The molecule has 142 valence electrons. The molecule has 0 radical (unpaired) electrons. The van der Waals surface area contributed by atoms with Crippen LogP contribution in [0.5, 0.6) is 5.75 Å². The molecule has 1 amide bonds. The predicted molar refractivity (Wildman–Crippen MR) is 93.5 cm³/mol. The molecule has 0 fully saturated rings. The first-order valence-electron chi connectivity index (χ1n) is 8.41. The van der Waals surface area contributed by atoms with Crippen molar-refractivity contribution >= 4 is 11.6 Å². The molecule has 0 aliphatic rings. The summed E-state index contributed by atoms with van der Waals surface area (Å²) < 4.78 is 45.0. The van der Waals surface area contributed by atoms with Gasteiger partial charge in [0.15, 0.2) is 0 Å². The fourth-order valence-corrected chi connectivity index (χ4v) is 2.53. The van der Waals surface area contributed by atoms with Crippen LogP contribution in [0.15, 0.2) is 54.9 Å². The van der Waals surface area contributed by atoms with E-state index in [1.165, 1.54) is 16.7 Å². The van der Waals surface area contributed by atoms with Crippen LogP contribution >= 0.6 is 0 Å². The van der Waals surface area contributed by atoms with Gasteiger partial charge in [-0.1, -0.05) is 18.2 Å². The molecule has 0 atom stereocenters. The first-order chi connectivity index (χ1) is 12.9. The zero-order chi connectivity index (χ0) is 19.3. The van der Waals surface area contributed by atoms with E-state index >= 15 is 0 Å². The molecule has 27 heavy (non-hydrogen) atoms. The molecule has 0 spiro atoms. The topological polar surface area (TPSA) is 55.6 Å². The van der Waals surface area contributed by atoms with Gasteiger partial charge in [-0.05, 0) is 24.3 Å². The number of para-hydroxylation sites is 1. The van der Waals surface area contributed by atoms with Crippen molar-refractivity contribution in [1.82, 2.24) is 14.7 Å². The van der Waals surface area contributed by atoms with Gasteiger partial charge in [0, 0.05) is 25.4 Å². The van der Waals surface area contributed by atoms with Gasteiger partial charge in [-0.15, -0.1) is 0 Å². The smallest absolute Gasteiger partial charge is 0.417 e. The Morgan fingerprint density at radius 1 is 1.11 bits per heavy atom. The molecule has 0 saturated carbocycles. The number of rotatable bonds is 7. The zero-order valence-electron chi connectivity index (χ0n) is 14.4. The molecule has 3 aromatic rings. The van der Waals surface area contributed by atoms with Crippen LogP contribution in [0.3, 0.4) is 0 Å². The fraction of sp³-hybridized carbons (Fsp3) is 0.263. The van der Waals surface area contributed by atoms with E-state index in [1.807, 2.05) is 30.3 Å². The first-order valence-corrected chi connectivity index (χ1v) is 8.41. The Kier molecular flexibility index (Phi) is 5.63. The predicted octanol–water partition coefficient (Wildman–Crippen LogP) is 3.48. The lowest BCUT2D eigenvalue weighted by molar-refractivity contribution is -0.137. The number of amides is 1. The highest BCUT2D eigenvalue weighted by atomic mass is 19.4. The number of imidazole rings is 1. The van der Waals surface area contributed by atoms with E-state index in [4.69, 9.17) is 4.74 Å². The molecule has 0 unspecified atom stereocenters. The number of halogens is 3. The molecule has 2 aromatic heterocycles. The fourth-order valence-electron chi connectivity index (χ4n) is 2.53. The molecule has 5 nitrogen and oxygen atoms in total. The number of ether oxygens (including phenoxy) is 1. The summed E-state index contributed by atoms with van der Waals surface area (Å²) in [6, 6.07) is 11.5. The van der Waals surface area contributed by atoms with Gasteiger partial charge < -0.3 is 14.5 Å². The molecule has 0 aliphatic carbocycles. The summed E-state index contributed by atoms with van der Waals surface area (Å²) in [5.74, 6) is 0.544. The number of benzene rings is 1. The van der Waals surface area contributed by atoms with E-state index < -0.39 is 11.7 Å².